The molecule has 1 unspecified atom stereocenters. The lowest BCUT2D eigenvalue weighted by Gasteiger charge is -2.13. The molecule has 27 heavy (non-hydrogen) atoms. The molecule has 1 atom stereocenters. The fraction of sp³-hybridized carbons (Fsp3) is 0.526. The van der Waals surface area contributed by atoms with Crippen LogP contribution >= 0.6 is 0 Å². The largest absolute Gasteiger partial charge is 0.325 e. The Labute approximate surface area is 160 Å². The summed E-state index contributed by atoms with van der Waals surface area (Å²) < 4.78 is 26.4. The second-order valence-corrected chi connectivity index (χ2v) is 9.42. The first-order valence-electron chi connectivity index (χ1n) is 9.47. The predicted octanol–water partition coefficient (Wildman–Crippen LogP) is 2.82. The molecule has 1 aromatic carbocycles. The van der Waals surface area contributed by atoms with Gasteiger partial charge in [-0.2, -0.15) is 0 Å². The van der Waals surface area contributed by atoms with E-state index in [1.807, 2.05) is 18.2 Å². The van der Waals surface area contributed by atoms with Crippen molar-refractivity contribution in [3.63, 3.8) is 0 Å². The van der Waals surface area contributed by atoms with Gasteiger partial charge in [0.2, 0.25) is 5.91 Å². The zero-order chi connectivity index (χ0) is 19.4. The van der Waals surface area contributed by atoms with Crippen molar-refractivity contribution >= 4 is 21.4 Å². The number of carbonyl (C=O) groups is 1. The van der Waals surface area contributed by atoms with Gasteiger partial charge in [-0.1, -0.05) is 25.5 Å². The number of fused-ring (bicyclic) bond motifs is 1. The molecule has 0 radical (unpaired) electrons. The Morgan fingerprint density at radius 3 is 2.85 bits per heavy atom. The fourth-order valence-corrected chi connectivity index (χ4v) is 4.61. The normalized spacial score (nSPS) is 15.6. The number of rotatable bonds is 6. The summed E-state index contributed by atoms with van der Waals surface area (Å²) in [6.45, 7) is 4.11. The molecule has 2 heterocycles. The number of benzene rings is 1. The van der Waals surface area contributed by atoms with Gasteiger partial charge in [0.25, 0.3) is 0 Å². The van der Waals surface area contributed by atoms with Gasteiger partial charge in [-0.3, -0.25) is 4.79 Å². The van der Waals surface area contributed by atoms with E-state index < -0.39 is 21.0 Å². The van der Waals surface area contributed by atoms with Crippen LogP contribution < -0.4 is 5.32 Å². The highest BCUT2D eigenvalue weighted by molar-refractivity contribution is 7.92. The van der Waals surface area contributed by atoms with Crippen molar-refractivity contribution in [1.29, 1.82) is 0 Å². The highest BCUT2D eigenvalue weighted by Crippen LogP contribution is 2.25. The van der Waals surface area contributed by atoms with Crippen molar-refractivity contribution in [1.82, 2.24) is 14.8 Å². The lowest BCUT2D eigenvalue weighted by molar-refractivity contribution is -0.115. The van der Waals surface area contributed by atoms with Crippen molar-refractivity contribution in [2.45, 2.75) is 57.7 Å². The second-order valence-electron chi connectivity index (χ2n) is 6.98. The molecule has 0 aliphatic carbocycles. The maximum atomic E-state index is 12.4. The number of hydrogen-bond acceptors (Lipinski definition) is 5. The van der Waals surface area contributed by atoms with E-state index >= 15 is 0 Å². The molecule has 1 N–H and O–H groups in total. The molecule has 1 aromatic heterocycles. The van der Waals surface area contributed by atoms with Crippen LogP contribution in [-0.4, -0.2) is 40.1 Å². The van der Waals surface area contributed by atoms with Crippen LogP contribution in [0.3, 0.4) is 0 Å². The van der Waals surface area contributed by atoms with E-state index in [0.717, 1.165) is 43.0 Å². The smallest absolute Gasteiger partial charge is 0.242 e. The van der Waals surface area contributed by atoms with Crippen molar-refractivity contribution in [3.05, 3.63) is 30.1 Å². The number of aryl methyl sites for hydroxylation is 1. The molecule has 1 amide bonds. The van der Waals surface area contributed by atoms with E-state index in [9.17, 15) is 13.2 Å². The van der Waals surface area contributed by atoms with Crippen LogP contribution in [0, 0.1) is 0 Å². The minimum Gasteiger partial charge on any atom is -0.325 e. The molecule has 146 valence electrons. The molecule has 1 aliphatic heterocycles. The zero-order valence-electron chi connectivity index (χ0n) is 15.8. The molecule has 3 rings (SSSR count). The third kappa shape index (κ3) is 4.37. The highest BCUT2D eigenvalue weighted by atomic mass is 32.2. The van der Waals surface area contributed by atoms with E-state index in [0.29, 0.717) is 12.1 Å². The summed E-state index contributed by atoms with van der Waals surface area (Å²) in [6, 6.07) is 7.32. The third-order valence-corrected chi connectivity index (χ3v) is 7.16. The van der Waals surface area contributed by atoms with Gasteiger partial charge in [-0.05, 0) is 38.3 Å². The van der Waals surface area contributed by atoms with Crippen molar-refractivity contribution in [3.8, 4) is 11.4 Å². The molecule has 8 heteroatoms. The lowest BCUT2D eigenvalue weighted by Crippen LogP contribution is -2.34. The summed E-state index contributed by atoms with van der Waals surface area (Å²) >= 11 is 0. The van der Waals surface area contributed by atoms with E-state index in [4.69, 9.17) is 0 Å². The van der Waals surface area contributed by atoms with Gasteiger partial charge in [0, 0.05) is 24.2 Å². The van der Waals surface area contributed by atoms with Crippen LogP contribution in [0.15, 0.2) is 24.3 Å². The van der Waals surface area contributed by atoms with E-state index in [1.54, 1.807) is 13.0 Å². The molecule has 0 saturated heterocycles. The summed E-state index contributed by atoms with van der Waals surface area (Å²) in [6.07, 6.45) is 4.83. The van der Waals surface area contributed by atoms with Crippen LogP contribution in [0.2, 0.25) is 0 Å². The molecule has 0 spiro atoms. The quantitative estimate of drug-likeness (QED) is 0.818. The summed E-state index contributed by atoms with van der Waals surface area (Å²) in [7, 11) is -3.44. The van der Waals surface area contributed by atoms with Gasteiger partial charge >= 0.3 is 0 Å². The number of nitrogens with one attached hydrogen (secondary N) is 1. The molecule has 1 aliphatic rings. The van der Waals surface area contributed by atoms with Crippen LogP contribution in [0.5, 0.6) is 0 Å². The molecular weight excluding hydrogens is 364 g/mol. The average Bonchev–Trinajstić information content (AvgIpc) is 2.89. The van der Waals surface area contributed by atoms with Crippen molar-refractivity contribution in [2.75, 3.05) is 11.1 Å². The van der Waals surface area contributed by atoms with Crippen LogP contribution in [0.1, 0.15) is 45.4 Å². The van der Waals surface area contributed by atoms with Crippen LogP contribution in [0.25, 0.3) is 11.4 Å². The monoisotopic (exact) mass is 390 g/mol. The van der Waals surface area contributed by atoms with E-state index in [-0.39, 0.29) is 5.75 Å². The maximum absolute atomic E-state index is 12.4. The average molecular weight is 391 g/mol. The van der Waals surface area contributed by atoms with Gasteiger partial charge in [0.05, 0.1) is 5.75 Å². The summed E-state index contributed by atoms with van der Waals surface area (Å²) in [5, 5.41) is 10.3. The number of hydrogen-bond donors (Lipinski definition) is 1. The fourth-order valence-electron chi connectivity index (χ4n) is 3.30. The lowest BCUT2D eigenvalue weighted by atomic mass is 10.2. The highest BCUT2D eigenvalue weighted by Gasteiger charge is 2.27. The Hall–Kier alpha value is -2.22. The Kier molecular flexibility index (Phi) is 5.94. The number of nitrogens with zero attached hydrogens (tertiary/aromatic N) is 3. The summed E-state index contributed by atoms with van der Waals surface area (Å²) in [5.74, 6) is 1.28. The number of aromatic nitrogens is 3. The van der Waals surface area contributed by atoms with Gasteiger partial charge in [-0.15, -0.1) is 10.2 Å². The Morgan fingerprint density at radius 2 is 2.07 bits per heavy atom. The topological polar surface area (TPSA) is 93.9 Å². The number of sulfone groups is 1. The van der Waals surface area contributed by atoms with Gasteiger partial charge in [-0.25, -0.2) is 8.42 Å². The molecule has 7 nitrogen and oxygen atoms in total. The minimum atomic E-state index is -3.44. The molecular formula is C19H26N4O3S. The van der Waals surface area contributed by atoms with Crippen LogP contribution in [0.4, 0.5) is 5.69 Å². The first-order valence-corrected chi connectivity index (χ1v) is 11.2. The number of amides is 1. The Morgan fingerprint density at radius 1 is 1.26 bits per heavy atom. The number of anilines is 1. The first kappa shape index (κ1) is 19.5. The van der Waals surface area contributed by atoms with Crippen molar-refractivity contribution < 1.29 is 13.2 Å². The number of carbonyl (C=O) groups excluding carboxylic acids is 1. The molecule has 0 bridgehead atoms. The molecule has 0 saturated carbocycles. The van der Waals surface area contributed by atoms with Crippen LogP contribution in [-0.2, 0) is 27.6 Å². The standard InChI is InChI=1S/C19H26N4O3S/c1-3-12-27(25,26)14(2)19(24)20-16-9-7-8-15(13-16)18-22-21-17-10-5-4-6-11-23(17)18/h7-9,13-14H,3-6,10-12H2,1-2H3,(H,20,24). The summed E-state index contributed by atoms with van der Waals surface area (Å²) in [4.78, 5) is 12.4. The predicted molar refractivity (Wildman–Crippen MR) is 105 cm³/mol. The van der Waals surface area contributed by atoms with Crippen molar-refractivity contribution in [2.24, 2.45) is 0 Å². The Balaban J connectivity index is 1.81. The first-order chi connectivity index (χ1) is 12.9. The third-order valence-electron chi connectivity index (χ3n) is 4.89. The van der Waals surface area contributed by atoms with E-state index in [1.165, 1.54) is 13.3 Å². The van der Waals surface area contributed by atoms with Gasteiger partial charge in [0.1, 0.15) is 11.1 Å². The van der Waals surface area contributed by atoms with E-state index in [2.05, 4.69) is 20.1 Å². The molecule has 2 aromatic rings. The Bertz CT molecular complexity index is 921. The second kappa shape index (κ2) is 8.21. The van der Waals surface area contributed by atoms with Gasteiger partial charge < -0.3 is 9.88 Å². The SMILES string of the molecule is CCCS(=O)(=O)C(C)C(=O)Nc1cccc(-c2nnc3n2CCCCC3)c1. The summed E-state index contributed by atoms with van der Waals surface area (Å²) in [5.41, 5.74) is 1.42. The zero-order valence-corrected chi connectivity index (χ0v) is 16.6. The maximum Gasteiger partial charge on any atom is 0.242 e. The van der Waals surface area contributed by atoms with Gasteiger partial charge in [0.15, 0.2) is 15.7 Å². The molecule has 0 fully saturated rings. The minimum absolute atomic E-state index is 0.00745.